The van der Waals surface area contributed by atoms with Gasteiger partial charge in [0.2, 0.25) is 0 Å². The van der Waals surface area contributed by atoms with E-state index in [1.54, 1.807) is 17.3 Å². The topological polar surface area (TPSA) is 17.1 Å². The molecule has 0 aromatic carbocycles. The van der Waals surface area contributed by atoms with E-state index in [9.17, 15) is 4.79 Å². The molecule has 5 rings (SSSR count). The predicted molar refractivity (Wildman–Crippen MR) is 151 cm³/mol. The summed E-state index contributed by atoms with van der Waals surface area (Å²) in [5.74, 6) is 5.83. The lowest BCUT2D eigenvalue weighted by Gasteiger charge is -2.58. The molecule has 0 saturated heterocycles. The van der Waals surface area contributed by atoms with Crippen LogP contribution in [0.25, 0.3) is 0 Å². The van der Waals surface area contributed by atoms with Gasteiger partial charge in [0.1, 0.15) is 0 Å². The van der Waals surface area contributed by atoms with E-state index in [0.717, 1.165) is 48.3 Å². The number of hydrogen-bond donors (Lipinski definition) is 0. The summed E-state index contributed by atoms with van der Waals surface area (Å²) in [6.07, 6.45) is 22.8. The maximum atomic E-state index is 12.9. The molecule has 0 spiro atoms. The molecule has 0 heterocycles. The van der Waals surface area contributed by atoms with E-state index in [1.807, 2.05) is 0 Å². The van der Waals surface area contributed by atoms with Crippen LogP contribution in [0.5, 0.6) is 0 Å². The minimum Gasteiger partial charge on any atom is -0.287 e. The lowest BCUT2D eigenvalue weighted by atomic mass is 9.47. The van der Waals surface area contributed by atoms with Gasteiger partial charge in [0.15, 0.2) is 5.12 Å². The third-order valence-corrected chi connectivity index (χ3v) is 13.5. The molecule has 4 fully saturated rings. The summed E-state index contributed by atoms with van der Waals surface area (Å²) in [5.41, 5.74) is 2.75. The van der Waals surface area contributed by atoms with Crippen molar-refractivity contribution in [1.82, 2.24) is 0 Å². The van der Waals surface area contributed by atoms with Crippen molar-refractivity contribution in [3.05, 3.63) is 11.6 Å². The van der Waals surface area contributed by atoms with E-state index in [4.69, 9.17) is 0 Å². The Bertz CT molecular complexity index is 793. The highest BCUT2D eigenvalue weighted by molar-refractivity contribution is 8.14. The lowest BCUT2D eigenvalue weighted by molar-refractivity contribution is -0.114. The fourth-order valence-corrected chi connectivity index (χ4v) is 11.4. The third kappa shape index (κ3) is 4.97. The second kappa shape index (κ2) is 10.5. The van der Waals surface area contributed by atoms with E-state index in [-0.39, 0.29) is 0 Å². The van der Waals surface area contributed by atoms with Crippen LogP contribution in [0.4, 0.5) is 0 Å². The highest BCUT2D eigenvalue weighted by atomic mass is 32.2. The van der Waals surface area contributed by atoms with Gasteiger partial charge < -0.3 is 0 Å². The molecule has 35 heavy (non-hydrogen) atoms. The number of fused-ring (bicyclic) bond motifs is 5. The molecule has 198 valence electrons. The molecule has 4 saturated carbocycles. The fraction of sp³-hybridized carbons (Fsp3) is 0.909. The molecule has 0 radical (unpaired) electrons. The van der Waals surface area contributed by atoms with Crippen LogP contribution in [0.1, 0.15) is 131 Å². The number of carbonyl (C=O) groups is 1. The Morgan fingerprint density at radius 3 is 2.49 bits per heavy atom. The summed E-state index contributed by atoms with van der Waals surface area (Å²) in [7, 11) is 0. The second-order valence-electron chi connectivity index (χ2n) is 14.6. The summed E-state index contributed by atoms with van der Waals surface area (Å²) in [5, 5.41) is 1.08. The van der Waals surface area contributed by atoms with Gasteiger partial charge in [0.05, 0.1) is 0 Å². The first-order valence-electron chi connectivity index (χ1n) is 15.6. The molecule has 0 N–H and O–H groups in total. The highest BCUT2D eigenvalue weighted by Crippen LogP contribution is 2.67. The van der Waals surface area contributed by atoms with E-state index in [0.29, 0.717) is 27.1 Å². The Kier molecular flexibility index (Phi) is 7.91. The first-order chi connectivity index (χ1) is 16.7. The maximum absolute atomic E-state index is 12.9. The van der Waals surface area contributed by atoms with Crippen molar-refractivity contribution in [3.63, 3.8) is 0 Å². The van der Waals surface area contributed by atoms with Gasteiger partial charge in [-0.1, -0.05) is 90.1 Å². The van der Waals surface area contributed by atoms with E-state index >= 15 is 0 Å². The Morgan fingerprint density at radius 1 is 0.971 bits per heavy atom. The van der Waals surface area contributed by atoms with Crippen LogP contribution in [0.3, 0.4) is 0 Å². The largest absolute Gasteiger partial charge is 0.287 e. The number of hydrogen-bond acceptors (Lipinski definition) is 2. The molecule has 1 nitrogen and oxygen atoms in total. The average molecular weight is 499 g/mol. The summed E-state index contributed by atoms with van der Waals surface area (Å²) >= 11 is 1.75. The number of allylic oxidation sites excluding steroid dienone is 2. The Labute approximate surface area is 221 Å². The van der Waals surface area contributed by atoms with Crippen molar-refractivity contribution in [3.8, 4) is 0 Å². The van der Waals surface area contributed by atoms with Crippen LogP contribution in [-0.2, 0) is 4.79 Å². The molecular weight excluding hydrogens is 444 g/mol. The maximum Gasteiger partial charge on any atom is 0.192 e. The molecule has 0 aromatic rings. The van der Waals surface area contributed by atoms with Gasteiger partial charge in [-0.05, 0) is 111 Å². The van der Waals surface area contributed by atoms with Gasteiger partial charge in [0, 0.05) is 11.2 Å². The standard InChI is InChI=1S/C33H54OS/c1-22(2)9-8-10-23(3)28-15-16-29-27-14-13-25-21-26(35-31(34)24-11-6-7-12-24)17-19-32(25,4)30(27)18-20-33(28,29)5/h13,22-24,26-30H,6-12,14-21H2,1-5H3/t23-,26+,27+,28-,29+,30+,32+,33-/m1/s1. The Hall–Kier alpha value is -0.240. The predicted octanol–water partition coefficient (Wildman–Crippen LogP) is 9.85. The van der Waals surface area contributed by atoms with Crippen LogP contribution in [0.15, 0.2) is 11.6 Å². The quantitative estimate of drug-likeness (QED) is 0.325. The van der Waals surface area contributed by atoms with Crippen molar-refractivity contribution >= 4 is 16.9 Å². The van der Waals surface area contributed by atoms with Gasteiger partial charge in [-0.3, -0.25) is 4.79 Å². The van der Waals surface area contributed by atoms with Crippen LogP contribution in [0, 0.1) is 52.3 Å². The van der Waals surface area contributed by atoms with Crippen molar-refractivity contribution < 1.29 is 4.79 Å². The first-order valence-corrected chi connectivity index (χ1v) is 16.5. The molecule has 0 aromatic heterocycles. The normalized spacial score (nSPS) is 42.3. The molecule has 5 aliphatic rings. The number of carbonyl (C=O) groups excluding carboxylic acids is 1. The van der Waals surface area contributed by atoms with Gasteiger partial charge >= 0.3 is 0 Å². The zero-order chi connectivity index (χ0) is 24.8. The van der Waals surface area contributed by atoms with Gasteiger partial charge in [0.25, 0.3) is 0 Å². The molecule has 0 bridgehead atoms. The molecule has 0 aliphatic heterocycles. The summed E-state index contributed by atoms with van der Waals surface area (Å²) < 4.78 is 0. The summed E-state index contributed by atoms with van der Waals surface area (Å²) in [6, 6.07) is 0. The second-order valence-corrected chi connectivity index (χ2v) is 15.9. The molecule has 8 atom stereocenters. The lowest BCUT2D eigenvalue weighted by Crippen LogP contribution is -2.50. The minimum atomic E-state index is 0.372. The zero-order valence-corrected chi connectivity index (χ0v) is 24.4. The molecule has 0 unspecified atom stereocenters. The van der Waals surface area contributed by atoms with Crippen molar-refractivity contribution in [2.24, 2.45) is 52.3 Å². The molecular formula is C33H54OS. The van der Waals surface area contributed by atoms with E-state index < -0.39 is 0 Å². The van der Waals surface area contributed by atoms with Gasteiger partial charge in [-0.25, -0.2) is 0 Å². The van der Waals surface area contributed by atoms with Crippen LogP contribution in [-0.4, -0.2) is 10.4 Å². The highest BCUT2D eigenvalue weighted by Gasteiger charge is 2.59. The van der Waals surface area contributed by atoms with E-state index in [2.05, 4.69) is 40.7 Å². The van der Waals surface area contributed by atoms with Crippen molar-refractivity contribution in [1.29, 1.82) is 0 Å². The number of thioether (sulfide) groups is 1. The van der Waals surface area contributed by atoms with Crippen LogP contribution in [0.2, 0.25) is 0 Å². The van der Waals surface area contributed by atoms with Gasteiger partial charge in [-0.15, -0.1) is 0 Å². The third-order valence-electron chi connectivity index (χ3n) is 12.2. The van der Waals surface area contributed by atoms with Crippen molar-refractivity contribution in [2.75, 3.05) is 0 Å². The van der Waals surface area contributed by atoms with Crippen LogP contribution >= 0.6 is 11.8 Å². The van der Waals surface area contributed by atoms with E-state index in [1.165, 1.54) is 83.5 Å². The van der Waals surface area contributed by atoms with Gasteiger partial charge in [-0.2, -0.15) is 0 Å². The summed E-state index contributed by atoms with van der Waals surface area (Å²) in [6.45, 7) is 12.7. The minimum absolute atomic E-state index is 0.372. The number of rotatable bonds is 7. The van der Waals surface area contributed by atoms with Crippen LogP contribution < -0.4 is 0 Å². The van der Waals surface area contributed by atoms with Crippen molar-refractivity contribution in [2.45, 2.75) is 136 Å². The fourth-order valence-electron chi connectivity index (χ4n) is 10.2. The monoisotopic (exact) mass is 498 g/mol. The molecule has 5 aliphatic carbocycles. The average Bonchev–Trinajstić information content (AvgIpc) is 3.47. The molecule has 0 amide bonds. The Morgan fingerprint density at radius 2 is 1.74 bits per heavy atom. The molecule has 2 heteroatoms. The SMILES string of the molecule is CC(C)CCC[C@@H](C)[C@H]1CC[C@H]2[C@@H]3CC=C4C[C@@H](SC(=O)C5CCCC5)CC[C@]4(C)[C@H]3CC[C@]12C. The summed E-state index contributed by atoms with van der Waals surface area (Å²) in [4.78, 5) is 12.9. The first kappa shape index (κ1) is 26.4. The smallest absolute Gasteiger partial charge is 0.192 e. The zero-order valence-electron chi connectivity index (χ0n) is 23.6. The Balaban J connectivity index is 1.24.